The number of nitrogens with zero attached hydrogens (tertiary/aromatic N) is 1. The molecule has 102 valence electrons. The van der Waals surface area contributed by atoms with Gasteiger partial charge in [-0.15, -0.1) is 0 Å². The average Bonchev–Trinajstić information content (AvgIpc) is 2.36. The number of halogens is 1. The number of carbonyl (C=O) groups excluding carboxylic acids is 2. The number of amides is 1. The summed E-state index contributed by atoms with van der Waals surface area (Å²) in [4.78, 5) is 25.2. The molecule has 1 amide bonds. The van der Waals surface area contributed by atoms with E-state index in [2.05, 4.69) is 21.2 Å². The van der Waals surface area contributed by atoms with E-state index in [0.717, 1.165) is 11.0 Å². The summed E-state index contributed by atoms with van der Waals surface area (Å²) in [5.41, 5.74) is 0.556. The third kappa shape index (κ3) is 6.31. The molecule has 0 aliphatic heterocycles. The second-order valence-electron chi connectivity index (χ2n) is 4.30. The highest BCUT2D eigenvalue weighted by Gasteiger charge is 2.02. The summed E-state index contributed by atoms with van der Waals surface area (Å²) < 4.78 is 0.912. The van der Waals surface area contributed by atoms with E-state index in [-0.39, 0.29) is 11.7 Å². The standard InChI is InChI=1S/C14H17BrN2O2/c1-17(2)10-9-16-14(19)8-7-13(18)11-3-5-12(15)6-4-11/h3-8H,9-10H2,1-2H3,(H,16,19)/b8-7+. The Balaban J connectivity index is 2.45. The summed E-state index contributed by atoms with van der Waals surface area (Å²) >= 11 is 3.30. The third-order valence-corrected chi connectivity index (χ3v) is 2.90. The van der Waals surface area contributed by atoms with Gasteiger partial charge in [-0.2, -0.15) is 0 Å². The first kappa shape index (κ1) is 15.6. The first-order valence-corrected chi connectivity index (χ1v) is 6.69. The van der Waals surface area contributed by atoms with Crippen LogP contribution in [0.25, 0.3) is 0 Å². The molecule has 0 saturated carbocycles. The maximum atomic E-state index is 11.8. The first-order valence-electron chi connectivity index (χ1n) is 5.89. The second-order valence-corrected chi connectivity index (χ2v) is 5.21. The molecular formula is C14H17BrN2O2. The Kier molecular flexibility index (Phi) is 6.45. The smallest absolute Gasteiger partial charge is 0.244 e. The van der Waals surface area contributed by atoms with Crippen molar-refractivity contribution < 1.29 is 9.59 Å². The average molecular weight is 325 g/mol. The van der Waals surface area contributed by atoms with Crippen LogP contribution in [0.2, 0.25) is 0 Å². The van der Waals surface area contributed by atoms with Gasteiger partial charge in [0.2, 0.25) is 5.91 Å². The Morgan fingerprint density at radius 2 is 1.84 bits per heavy atom. The Morgan fingerprint density at radius 1 is 1.21 bits per heavy atom. The highest BCUT2D eigenvalue weighted by atomic mass is 79.9. The summed E-state index contributed by atoms with van der Waals surface area (Å²) in [6.45, 7) is 1.32. The van der Waals surface area contributed by atoms with Gasteiger partial charge in [-0.05, 0) is 44.4 Å². The largest absolute Gasteiger partial charge is 0.351 e. The van der Waals surface area contributed by atoms with Gasteiger partial charge in [0.1, 0.15) is 0 Å². The molecule has 0 bridgehead atoms. The fourth-order valence-corrected chi connectivity index (χ4v) is 1.59. The van der Waals surface area contributed by atoms with Gasteiger partial charge in [0, 0.05) is 29.2 Å². The van der Waals surface area contributed by atoms with Crippen LogP contribution in [0, 0.1) is 0 Å². The monoisotopic (exact) mass is 324 g/mol. The van der Waals surface area contributed by atoms with Gasteiger partial charge in [0.15, 0.2) is 5.78 Å². The van der Waals surface area contributed by atoms with E-state index in [1.165, 1.54) is 12.2 Å². The van der Waals surface area contributed by atoms with E-state index in [4.69, 9.17) is 0 Å². The zero-order valence-corrected chi connectivity index (χ0v) is 12.6. The molecule has 19 heavy (non-hydrogen) atoms. The molecule has 0 aliphatic rings. The first-order chi connectivity index (χ1) is 8.99. The van der Waals surface area contributed by atoms with E-state index in [9.17, 15) is 9.59 Å². The molecule has 1 N–H and O–H groups in total. The number of hydrogen-bond acceptors (Lipinski definition) is 3. The minimum absolute atomic E-state index is 0.185. The predicted molar refractivity (Wildman–Crippen MR) is 79.2 cm³/mol. The highest BCUT2D eigenvalue weighted by molar-refractivity contribution is 9.10. The molecule has 1 rings (SSSR count). The Morgan fingerprint density at radius 3 is 2.42 bits per heavy atom. The number of carbonyl (C=O) groups is 2. The fourth-order valence-electron chi connectivity index (χ4n) is 1.32. The van der Waals surface area contributed by atoms with Crippen LogP contribution < -0.4 is 5.32 Å². The molecule has 0 atom stereocenters. The van der Waals surface area contributed by atoms with Crippen LogP contribution in [0.15, 0.2) is 40.9 Å². The van der Waals surface area contributed by atoms with Crippen LogP contribution in [0.4, 0.5) is 0 Å². The fraction of sp³-hybridized carbons (Fsp3) is 0.286. The summed E-state index contributed by atoms with van der Waals surface area (Å²) in [7, 11) is 3.86. The van der Waals surface area contributed by atoms with Gasteiger partial charge in [0.25, 0.3) is 0 Å². The van der Waals surface area contributed by atoms with Crippen molar-refractivity contribution in [1.82, 2.24) is 10.2 Å². The molecule has 0 heterocycles. The van der Waals surface area contributed by atoms with Crippen LogP contribution in [0.3, 0.4) is 0 Å². The number of allylic oxidation sites excluding steroid dienone is 1. The molecular weight excluding hydrogens is 308 g/mol. The lowest BCUT2D eigenvalue weighted by Crippen LogP contribution is -2.30. The summed E-state index contributed by atoms with van der Waals surface area (Å²) in [6.07, 6.45) is 2.55. The van der Waals surface area contributed by atoms with Crippen molar-refractivity contribution in [3.8, 4) is 0 Å². The quantitative estimate of drug-likeness (QED) is 0.642. The van der Waals surface area contributed by atoms with Gasteiger partial charge in [-0.3, -0.25) is 9.59 Å². The number of nitrogens with one attached hydrogen (secondary N) is 1. The van der Waals surface area contributed by atoms with Gasteiger partial charge in [-0.1, -0.05) is 15.9 Å². The van der Waals surface area contributed by atoms with Crippen molar-refractivity contribution in [3.05, 3.63) is 46.5 Å². The van der Waals surface area contributed by atoms with Gasteiger partial charge in [0.05, 0.1) is 0 Å². The molecule has 0 fully saturated rings. The Bertz CT molecular complexity index is 467. The van der Waals surface area contributed by atoms with Crippen LogP contribution in [-0.4, -0.2) is 43.8 Å². The number of ketones is 1. The van der Waals surface area contributed by atoms with E-state index in [1.807, 2.05) is 19.0 Å². The summed E-state index contributed by atoms with van der Waals surface area (Å²) in [5, 5.41) is 2.70. The summed E-state index contributed by atoms with van der Waals surface area (Å²) in [5.74, 6) is -0.442. The topological polar surface area (TPSA) is 49.4 Å². The number of likely N-dealkylation sites (N-methyl/N-ethyl adjacent to an activating group) is 1. The molecule has 0 aliphatic carbocycles. The molecule has 0 radical (unpaired) electrons. The zero-order valence-electron chi connectivity index (χ0n) is 11.0. The van der Waals surface area contributed by atoms with E-state index >= 15 is 0 Å². The van der Waals surface area contributed by atoms with E-state index in [0.29, 0.717) is 12.1 Å². The lowest BCUT2D eigenvalue weighted by Gasteiger charge is -2.08. The third-order valence-electron chi connectivity index (χ3n) is 2.37. The lowest BCUT2D eigenvalue weighted by molar-refractivity contribution is -0.116. The van der Waals surface area contributed by atoms with Crippen molar-refractivity contribution in [2.75, 3.05) is 27.2 Å². The number of benzene rings is 1. The predicted octanol–water partition coefficient (Wildman–Crippen LogP) is 1.87. The molecule has 4 nitrogen and oxygen atoms in total. The van der Waals surface area contributed by atoms with Crippen molar-refractivity contribution in [2.24, 2.45) is 0 Å². The molecule has 0 aromatic heterocycles. The Labute approximate surface area is 121 Å². The van der Waals surface area contributed by atoms with Gasteiger partial charge in [-0.25, -0.2) is 0 Å². The van der Waals surface area contributed by atoms with Crippen LogP contribution in [-0.2, 0) is 4.79 Å². The Hall–Kier alpha value is -1.46. The van der Waals surface area contributed by atoms with Crippen LogP contribution in [0.5, 0.6) is 0 Å². The maximum absolute atomic E-state index is 11.8. The number of rotatable bonds is 6. The van der Waals surface area contributed by atoms with Crippen LogP contribution in [0.1, 0.15) is 10.4 Å². The molecule has 0 spiro atoms. The zero-order chi connectivity index (χ0) is 14.3. The normalized spacial score (nSPS) is 10.9. The van der Waals surface area contributed by atoms with Crippen molar-refractivity contribution in [2.45, 2.75) is 0 Å². The van der Waals surface area contributed by atoms with Crippen molar-refractivity contribution in [3.63, 3.8) is 0 Å². The molecule has 0 unspecified atom stereocenters. The van der Waals surface area contributed by atoms with Crippen LogP contribution >= 0.6 is 15.9 Å². The number of hydrogen-bond donors (Lipinski definition) is 1. The lowest BCUT2D eigenvalue weighted by atomic mass is 10.1. The van der Waals surface area contributed by atoms with Gasteiger partial charge < -0.3 is 10.2 Å². The molecule has 1 aromatic carbocycles. The van der Waals surface area contributed by atoms with E-state index < -0.39 is 0 Å². The highest BCUT2D eigenvalue weighted by Crippen LogP contribution is 2.11. The minimum atomic E-state index is -0.257. The molecule has 1 aromatic rings. The van der Waals surface area contributed by atoms with Crippen molar-refractivity contribution in [1.29, 1.82) is 0 Å². The SMILES string of the molecule is CN(C)CCNC(=O)/C=C/C(=O)c1ccc(Br)cc1. The maximum Gasteiger partial charge on any atom is 0.244 e. The molecule has 0 saturated heterocycles. The van der Waals surface area contributed by atoms with E-state index in [1.54, 1.807) is 24.3 Å². The van der Waals surface area contributed by atoms with Gasteiger partial charge >= 0.3 is 0 Å². The van der Waals surface area contributed by atoms with Crippen molar-refractivity contribution >= 4 is 27.6 Å². The second kappa shape index (κ2) is 7.86. The molecule has 5 heteroatoms. The minimum Gasteiger partial charge on any atom is -0.351 e. The summed E-state index contributed by atoms with van der Waals surface area (Å²) in [6, 6.07) is 7.00.